The number of nitrogens with one attached hydrogen (secondary N) is 2. The molecule has 1 amide bonds. The number of alkyl halides is 3. The first-order valence-electron chi connectivity index (χ1n) is 13.3. The van der Waals surface area contributed by atoms with Gasteiger partial charge in [-0.25, -0.2) is 9.07 Å². The number of nitriles is 1. The third-order valence-electron chi connectivity index (χ3n) is 7.25. The van der Waals surface area contributed by atoms with Crippen LogP contribution in [0, 0.1) is 22.6 Å². The van der Waals surface area contributed by atoms with E-state index in [1.807, 2.05) is 20.8 Å². The van der Waals surface area contributed by atoms with E-state index in [9.17, 15) is 23.2 Å². The number of nitrogens with zero attached hydrogens (tertiary/aromatic N) is 5. The van der Waals surface area contributed by atoms with Crippen LogP contribution in [0.2, 0.25) is 5.02 Å². The molecule has 0 radical (unpaired) electrons. The lowest BCUT2D eigenvalue weighted by molar-refractivity contribution is -0.182. The fraction of sp³-hybridized carbons (Fsp3) is 0.345. The maximum Gasteiger partial charge on any atom is 0.413 e. The van der Waals surface area contributed by atoms with Crippen LogP contribution in [0.1, 0.15) is 66.8 Å². The molecule has 4 N–H and O–H groups in total. The number of carbonyl (C=O) groups excluding carboxylic acids is 1. The van der Waals surface area contributed by atoms with E-state index in [4.69, 9.17) is 17.3 Å². The Morgan fingerprint density at radius 2 is 1.98 bits per heavy atom. The van der Waals surface area contributed by atoms with E-state index < -0.39 is 35.0 Å². The number of primary amides is 1. The Morgan fingerprint density at radius 3 is 2.58 bits per heavy atom. The molecule has 14 heteroatoms. The highest BCUT2D eigenvalue weighted by Crippen LogP contribution is 2.55. The van der Waals surface area contributed by atoms with Gasteiger partial charge in [0.1, 0.15) is 23.6 Å². The molecule has 0 unspecified atom stereocenters. The molecule has 0 aliphatic heterocycles. The van der Waals surface area contributed by atoms with Crippen LogP contribution in [0.3, 0.4) is 0 Å². The van der Waals surface area contributed by atoms with Crippen molar-refractivity contribution in [2.45, 2.75) is 51.4 Å². The van der Waals surface area contributed by atoms with Crippen molar-refractivity contribution in [3.63, 3.8) is 0 Å². The minimum absolute atomic E-state index is 0.0519. The van der Waals surface area contributed by atoms with Crippen LogP contribution >= 0.6 is 11.6 Å². The molecule has 1 atom stereocenters. The number of pyridine rings is 1. The van der Waals surface area contributed by atoms with Crippen molar-refractivity contribution in [3.05, 3.63) is 75.9 Å². The maximum atomic E-state index is 15.7. The van der Waals surface area contributed by atoms with Crippen molar-refractivity contribution in [2.24, 2.45) is 11.1 Å². The number of benzene rings is 2. The van der Waals surface area contributed by atoms with Gasteiger partial charge in [-0.15, -0.1) is 5.10 Å². The van der Waals surface area contributed by atoms with Crippen molar-refractivity contribution >= 4 is 39.8 Å². The minimum Gasteiger partial charge on any atom is -0.383 e. The number of aromatic nitrogens is 4. The molecule has 4 aromatic rings. The number of fused-ring (bicyclic) bond motifs is 1. The third kappa shape index (κ3) is 5.67. The minimum atomic E-state index is -4.57. The fourth-order valence-corrected chi connectivity index (χ4v) is 5.03. The van der Waals surface area contributed by atoms with E-state index in [-0.39, 0.29) is 45.8 Å². The number of rotatable bonds is 8. The van der Waals surface area contributed by atoms with Crippen LogP contribution in [0.4, 0.5) is 28.9 Å². The Balaban J connectivity index is 1.67. The maximum absolute atomic E-state index is 15.7. The Hall–Kier alpha value is -4.44. The van der Waals surface area contributed by atoms with Crippen LogP contribution in [-0.2, 0) is 5.54 Å². The van der Waals surface area contributed by atoms with Gasteiger partial charge in [-0.05, 0) is 36.5 Å². The van der Waals surface area contributed by atoms with E-state index in [2.05, 4.69) is 32.0 Å². The van der Waals surface area contributed by atoms with Gasteiger partial charge in [-0.2, -0.15) is 18.4 Å². The zero-order valence-corrected chi connectivity index (χ0v) is 24.1. The lowest BCUT2D eigenvalue weighted by atomic mass is 9.96. The van der Waals surface area contributed by atoms with Crippen molar-refractivity contribution in [2.75, 3.05) is 17.2 Å². The standard InChI is InChI=1S/C29H27ClF4N8O/c1-27(2,3)14-38-23-15(11-35)12-37-24-19(23)9-16(30)10-20(24)39-25(17-5-4-6-18(22(17)31)26(36)43)21-13-42(41-40-21)28(7-8-28)29(32,33)34/h4-6,9-10,12-13,25,39H,7-8,14H2,1-3H3,(H2,36,43)(H,37,38)/t25-/m0/s1. The molecule has 224 valence electrons. The van der Waals surface area contributed by atoms with Gasteiger partial charge >= 0.3 is 6.18 Å². The predicted molar refractivity (Wildman–Crippen MR) is 153 cm³/mol. The summed E-state index contributed by atoms with van der Waals surface area (Å²) in [4.78, 5) is 16.4. The van der Waals surface area contributed by atoms with E-state index >= 15 is 4.39 Å². The first-order chi connectivity index (χ1) is 20.1. The summed E-state index contributed by atoms with van der Waals surface area (Å²) in [6.45, 7) is 6.57. The fourth-order valence-electron chi connectivity index (χ4n) is 4.82. The molecule has 1 fully saturated rings. The Bertz CT molecular complexity index is 1770. The highest BCUT2D eigenvalue weighted by atomic mass is 35.5. The zero-order chi connectivity index (χ0) is 31.3. The summed E-state index contributed by atoms with van der Waals surface area (Å²) < 4.78 is 58.0. The summed E-state index contributed by atoms with van der Waals surface area (Å²) in [5.74, 6) is -2.00. The second-order valence-corrected chi connectivity index (χ2v) is 12.1. The van der Waals surface area contributed by atoms with E-state index in [1.165, 1.54) is 30.5 Å². The van der Waals surface area contributed by atoms with Gasteiger partial charge in [0.25, 0.3) is 5.91 Å². The molecule has 1 aliphatic rings. The molecular weight excluding hydrogens is 588 g/mol. The van der Waals surface area contributed by atoms with E-state index in [0.717, 1.165) is 10.9 Å². The van der Waals surface area contributed by atoms with Crippen molar-refractivity contribution in [3.8, 4) is 6.07 Å². The first kappa shape index (κ1) is 30.0. The molecule has 2 heterocycles. The number of hydrogen-bond donors (Lipinski definition) is 3. The second-order valence-electron chi connectivity index (χ2n) is 11.7. The average Bonchev–Trinajstić information content (AvgIpc) is 3.61. The van der Waals surface area contributed by atoms with Gasteiger partial charge in [0.15, 0.2) is 5.54 Å². The van der Waals surface area contributed by atoms with Gasteiger partial charge in [0.05, 0.1) is 34.2 Å². The van der Waals surface area contributed by atoms with Crippen LogP contribution in [0.15, 0.2) is 42.7 Å². The van der Waals surface area contributed by atoms with Gasteiger partial charge in [0.2, 0.25) is 0 Å². The molecule has 0 saturated heterocycles. The van der Waals surface area contributed by atoms with Crippen LogP contribution < -0.4 is 16.4 Å². The zero-order valence-electron chi connectivity index (χ0n) is 23.4. The number of carbonyl (C=O) groups is 1. The molecule has 9 nitrogen and oxygen atoms in total. The molecule has 0 spiro atoms. The quantitative estimate of drug-likeness (QED) is 0.198. The largest absolute Gasteiger partial charge is 0.413 e. The number of amides is 1. The summed E-state index contributed by atoms with van der Waals surface area (Å²) in [6, 6.07) is 7.97. The molecular formula is C29H27ClF4N8O. The van der Waals surface area contributed by atoms with E-state index in [1.54, 1.807) is 6.07 Å². The summed E-state index contributed by atoms with van der Waals surface area (Å²) in [7, 11) is 0. The van der Waals surface area contributed by atoms with Crippen molar-refractivity contribution in [1.29, 1.82) is 5.26 Å². The van der Waals surface area contributed by atoms with Crippen LogP contribution in [-0.4, -0.2) is 38.6 Å². The Morgan fingerprint density at radius 1 is 1.26 bits per heavy atom. The lowest BCUT2D eigenvalue weighted by Crippen LogP contribution is -2.35. The monoisotopic (exact) mass is 614 g/mol. The SMILES string of the molecule is CC(C)(C)CNc1c(C#N)cnc2c(N[C@H](c3cn(C4(C(F)(F)F)CC4)nn3)c3cccc(C(N)=O)c3F)cc(Cl)cc12. The predicted octanol–water partition coefficient (Wildman–Crippen LogP) is 6.30. The molecule has 1 aliphatic carbocycles. The average molecular weight is 615 g/mol. The highest BCUT2D eigenvalue weighted by molar-refractivity contribution is 6.32. The number of hydrogen-bond acceptors (Lipinski definition) is 7. The molecule has 0 bridgehead atoms. The van der Waals surface area contributed by atoms with Gasteiger partial charge < -0.3 is 16.4 Å². The van der Waals surface area contributed by atoms with Crippen LogP contribution in [0.5, 0.6) is 0 Å². The summed E-state index contributed by atoms with van der Waals surface area (Å²) in [6.07, 6.45) is -2.42. The molecule has 2 aromatic heterocycles. The first-order valence-corrected chi connectivity index (χ1v) is 13.6. The summed E-state index contributed by atoms with van der Waals surface area (Å²) in [5.41, 5.74) is 3.83. The van der Waals surface area contributed by atoms with Crippen molar-refractivity contribution in [1.82, 2.24) is 20.0 Å². The Kier molecular flexibility index (Phi) is 7.46. The van der Waals surface area contributed by atoms with Crippen LogP contribution in [0.25, 0.3) is 10.9 Å². The molecule has 43 heavy (non-hydrogen) atoms. The van der Waals surface area contributed by atoms with Gasteiger partial charge in [0, 0.05) is 28.7 Å². The van der Waals surface area contributed by atoms with Gasteiger partial charge in [-0.1, -0.05) is 49.7 Å². The number of anilines is 2. The normalized spacial score (nSPS) is 15.1. The second kappa shape index (κ2) is 10.7. The summed E-state index contributed by atoms with van der Waals surface area (Å²) in [5, 5.41) is 24.7. The van der Waals surface area contributed by atoms with Crippen molar-refractivity contribution < 1.29 is 22.4 Å². The number of nitrogens with two attached hydrogens (primary N) is 1. The summed E-state index contributed by atoms with van der Waals surface area (Å²) >= 11 is 6.51. The molecule has 1 saturated carbocycles. The smallest absolute Gasteiger partial charge is 0.383 e. The van der Waals surface area contributed by atoms with E-state index in [0.29, 0.717) is 23.1 Å². The third-order valence-corrected chi connectivity index (χ3v) is 7.47. The van der Waals surface area contributed by atoms with Gasteiger partial charge in [-0.3, -0.25) is 9.78 Å². The topological polar surface area (TPSA) is 135 Å². The molecule has 2 aromatic carbocycles. The Labute approximate surface area is 249 Å². The number of halogens is 5. The molecule has 5 rings (SSSR count). The lowest BCUT2D eigenvalue weighted by Gasteiger charge is -2.23. The highest BCUT2D eigenvalue weighted by Gasteiger charge is 2.66.